The number of rotatable bonds is 0. The summed E-state index contributed by atoms with van der Waals surface area (Å²) < 4.78 is 1.85. The minimum atomic E-state index is 0.917. The second-order valence-electron chi connectivity index (χ2n) is 7.37. The Balaban J connectivity index is 1.50. The summed E-state index contributed by atoms with van der Waals surface area (Å²) in [7, 11) is 0. The Hall–Kier alpha value is -3.30. The minimum absolute atomic E-state index is 0.917. The van der Waals surface area contributed by atoms with Crippen LogP contribution in [0.1, 0.15) is 22.3 Å². The molecule has 2 heteroatoms. The Morgan fingerprint density at radius 1 is 0.406 bits per heavy atom. The first kappa shape index (κ1) is 20.6. The molecule has 0 bridgehead atoms. The van der Waals surface area contributed by atoms with Gasteiger partial charge in [-0.2, -0.15) is 0 Å². The molecule has 0 fully saturated rings. The van der Waals surface area contributed by atoms with Crippen molar-refractivity contribution < 1.29 is 0 Å². The lowest BCUT2D eigenvalue weighted by Crippen LogP contribution is -1.86. The maximum atomic E-state index is 3.68. The molecule has 0 nitrogen and oxygen atoms in total. The van der Waals surface area contributed by atoms with Crippen molar-refractivity contribution >= 4 is 53.4 Å². The molecule has 5 aromatic rings. The molecule has 5 aromatic carbocycles. The quantitative estimate of drug-likeness (QED) is 0.175. The van der Waals surface area contributed by atoms with E-state index < -0.39 is 0 Å². The largest absolute Gasteiger partial charge is 0.0616 e. The molecule has 0 amide bonds. The van der Waals surface area contributed by atoms with Gasteiger partial charge in [0.25, 0.3) is 0 Å². The molecule has 0 aliphatic heterocycles. The number of hydrogen-bond acceptors (Lipinski definition) is 0. The van der Waals surface area contributed by atoms with Gasteiger partial charge in [-0.1, -0.05) is 96.5 Å². The van der Waals surface area contributed by atoms with E-state index in [0.717, 1.165) is 42.0 Å². The lowest BCUT2D eigenvalue weighted by molar-refractivity contribution is 1.51. The van der Waals surface area contributed by atoms with Crippen molar-refractivity contribution in [3.63, 3.8) is 0 Å². The first-order valence-corrected chi connectivity index (χ1v) is 11.8. The van der Waals surface area contributed by atoms with Gasteiger partial charge < -0.3 is 0 Å². The smallest absolute Gasteiger partial charge is 0.0403 e. The molecule has 0 unspecified atom stereocenters. The molecular weight excluding hydrogens is 520 g/mol. The molecule has 32 heavy (non-hydrogen) atoms. The SMILES string of the molecule is Brc1cc(C#Cc2cccc3ccccc23)c(Br)cc1C#Cc1cccc2ccccc12. The summed E-state index contributed by atoms with van der Waals surface area (Å²) in [5.74, 6) is 13.3. The summed E-state index contributed by atoms with van der Waals surface area (Å²) in [5.41, 5.74) is 3.87. The zero-order valence-corrected chi connectivity index (χ0v) is 20.2. The second kappa shape index (κ2) is 9.05. The maximum Gasteiger partial charge on any atom is 0.0403 e. The van der Waals surface area contributed by atoms with E-state index in [4.69, 9.17) is 0 Å². The van der Waals surface area contributed by atoms with Gasteiger partial charge in [0.1, 0.15) is 0 Å². The van der Waals surface area contributed by atoms with Crippen LogP contribution in [0.4, 0.5) is 0 Å². The van der Waals surface area contributed by atoms with Crippen LogP contribution in [0.2, 0.25) is 0 Å². The predicted octanol–water partition coefficient (Wildman–Crippen LogP) is 8.32. The number of halogens is 2. The lowest BCUT2D eigenvalue weighted by Gasteiger charge is -2.03. The molecule has 0 heterocycles. The summed E-state index contributed by atoms with van der Waals surface area (Å²) >= 11 is 7.36. The Labute approximate surface area is 204 Å². The number of benzene rings is 5. The van der Waals surface area contributed by atoms with E-state index in [1.165, 1.54) is 10.8 Å². The molecule has 0 spiro atoms. The third kappa shape index (κ3) is 4.21. The summed E-state index contributed by atoms with van der Waals surface area (Å²) in [6.45, 7) is 0. The fourth-order valence-corrected chi connectivity index (χ4v) is 4.56. The molecule has 0 aromatic heterocycles. The fraction of sp³-hybridized carbons (Fsp3) is 0. The first-order chi connectivity index (χ1) is 15.7. The Kier molecular flexibility index (Phi) is 5.83. The van der Waals surface area contributed by atoms with Gasteiger partial charge in [0, 0.05) is 31.2 Å². The van der Waals surface area contributed by atoms with Crippen molar-refractivity contribution in [2.75, 3.05) is 0 Å². The van der Waals surface area contributed by atoms with Crippen LogP contribution in [0.25, 0.3) is 21.5 Å². The van der Waals surface area contributed by atoms with Gasteiger partial charge in [-0.15, -0.1) is 0 Å². The average molecular weight is 536 g/mol. The molecule has 150 valence electrons. The summed E-state index contributed by atoms with van der Waals surface area (Å²) in [5, 5.41) is 4.71. The van der Waals surface area contributed by atoms with Gasteiger partial charge in [-0.3, -0.25) is 0 Å². The molecule has 0 aliphatic rings. The zero-order chi connectivity index (χ0) is 21.9. The average Bonchev–Trinajstić information content (AvgIpc) is 2.83. The standard InChI is InChI=1S/C30H16Br2/c31-29-20-26(18-16-24-12-6-10-22-8-2-4-14-28(22)24)30(32)19-25(29)17-15-23-11-5-9-21-7-1-3-13-27(21)23/h1-14,19-20H. The monoisotopic (exact) mass is 534 g/mol. The van der Waals surface area contributed by atoms with E-state index in [1.807, 2.05) is 48.5 Å². The van der Waals surface area contributed by atoms with Gasteiger partial charge in [0.15, 0.2) is 0 Å². The van der Waals surface area contributed by atoms with Crippen LogP contribution in [0.15, 0.2) is 106 Å². The van der Waals surface area contributed by atoms with E-state index in [2.05, 4.69) is 104 Å². The first-order valence-electron chi connectivity index (χ1n) is 10.2. The van der Waals surface area contributed by atoms with E-state index in [1.54, 1.807) is 0 Å². The van der Waals surface area contributed by atoms with Crippen LogP contribution in [0, 0.1) is 23.7 Å². The van der Waals surface area contributed by atoms with Crippen molar-refractivity contribution in [3.8, 4) is 23.7 Å². The van der Waals surface area contributed by atoms with Gasteiger partial charge in [-0.25, -0.2) is 0 Å². The maximum absolute atomic E-state index is 3.68. The highest BCUT2D eigenvalue weighted by Crippen LogP contribution is 2.26. The van der Waals surface area contributed by atoms with Gasteiger partial charge in [0.05, 0.1) is 0 Å². The normalized spacial score (nSPS) is 10.3. The lowest BCUT2D eigenvalue weighted by atomic mass is 10.0. The van der Waals surface area contributed by atoms with E-state index >= 15 is 0 Å². The molecule has 0 aliphatic carbocycles. The number of hydrogen-bond donors (Lipinski definition) is 0. The topological polar surface area (TPSA) is 0 Å². The highest BCUT2D eigenvalue weighted by atomic mass is 79.9. The van der Waals surface area contributed by atoms with Crippen molar-refractivity contribution in [2.24, 2.45) is 0 Å². The Morgan fingerprint density at radius 2 is 0.781 bits per heavy atom. The molecule has 5 rings (SSSR count). The summed E-state index contributed by atoms with van der Waals surface area (Å²) in [6, 6.07) is 33.1. The Morgan fingerprint density at radius 3 is 1.25 bits per heavy atom. The fourth-order valence-electron chi connectivity index (χ4n) is 3.68. The van der Waals surface area contributed by atoms with Gasteiger partial charge >= 0.3 is 0 Å². The molecule has 0 atom stereocenters. The van der Waals surface area contributed by atoms with Crippen LogP contribution >= 0.6 is 31.9 Å². The predicted molar refractivity (Wildman–Crippen MR) is 142 cm³/mol. The molecule has 0 N–H and O–H groups in total. The van der Waals surface area contributed by atoms with Crippen molar-refractivity contribution in [3.05, 3.63) is 128 Å². The van der Waals surface area contributed by atoms with Crippen LogP contribution in [0.3, 0.4) is 0 Å². The van der Waals surface area contributed by atoms with E-state index in [0.29, 0.717) is 0 Å². The third-order valence-corrected chi connectivity index (χ3v) is 6.61. The van der Waals surface area contributed by atoms with Crippen molar-refractivity contribution in [1.29, 1.82) is 0 Å². The van der Waals surface area contributed by atoms with Crippen LogP contribution in [-0.4, -0.2) is 0 Å². The Bertz CT molecular complexity index is 1470. The van der Waals surface area contributed by atoms with Crippen LogP contribution in [0.5, 0.6) is 0 Å². The highest BCUT2D eigenvalue weighted by Gasteiger charge is 2.05. The third-order valence-electron chi connectivity index (χ3n) is 5.30. The summed E-state index contributed by atoms with van der Waals surface area (Å²) in [4.78, 5) is 0. The number of fused-ring (bicyclic) bond motifs is 2. The van der Waals surface area contributed by atoms with E-state index in [-0.39, 0.29) is 0 Å². The minimum Gasteiger partial charge on any atom is -0.0616 e. The van der Waals surface area contributed by atoms with Crippen LogP contribution in [-0.2, 0) is 0 Å². The molecule has 0 saturated heterocycles. The van der Waals surface area contributed by atoms with Gasteiger partial charge in [0.2, 0.25) is 0 Å². The second-order valence-corrected chi connectivity index (χ2v) is 9.07. The van der Waals surface area contributed by atoms with Crippen molar-refractivity contribution in [1.82, 2.24) is 0 Å². The molecule has 0 radical (unpaired) electrons. The van der Waals surface area contributed by atoms with Crippen molar-refractivity contribution in [2.45, 2.75) is 0 Å². The highest BCUT2D eigenvalue weighted by molar-refractivity contribution is 9.11. The molecular formula is C30H16Br2. The summed E-state index contributed by atoms with van der Waals surface area (Å²) in [6.07, 6.45) is 0. The van der Waals surface area contributed by atoms with Crippen LogP contribution < -0.4 is 0 Å². The zero-order valence-electron chi connectivity index (χ0n) is 17.0. The van der Waals surface area contributed by atoms with E-state index in [9.17, 15) is 0 Å². The van der Waals surface area contributed by atoms with Gasteiger partial charge in [-0.05, 0) is 77.7 Å². The molecule has 0 saturated carbocycles.